The molecule has 1 saturated heterocycles. The molecular formula is C16H21BrO4Si. The fourth-order valence-corrected chi connectivity index (χ4v) is 3.99. The molecule has 0 saturated carbocycles. The van der Waals surface area contributed by atoms with Crippen LogP contribution >= 0.6 is 15.9 Å². The van der Waals surface area contributed by atoms with Crippen LogP contribution < -0.4 is 0 Å². The topological polar surface area (TPSA) is 36.9 Å². The Balaban J connectivity index is 1.74. The Morgan fingerprint density at radius 1 is 1.27 bits per heavy atom. The van der Waals surface area contributed by atoms with Gasteiger partial charge >= 0.3 is 0 Å². The van der Waals surface area contributed by atoms with E-state index in [1.807, 2.05) is 36.4 Å². The molecule has 0 bridgehead atoms. The standard InChI is InChI=1S/C16H21BrO4Si/c1-22(2,11-17)21-13-8-9-18-14-10-19-16(20-15(13)14)12-6-4-3-5-7-12/h3-9,13-16H,10-11H2,1-2H3/t13-,14+,15-,16+/m0/s1. The zero-order valence-electron chi connectivity index (χ0n) is 12.8. The highest BCUT2D eigenvalue weighted by molar-refractivity contribution is 9.09. The summed E-state index contributed by atoms with van der Waals surface area (Å²) in [6, 6.07) is 9.98. The minimum Gasteiger partial charge on any atom is -0.493 e. The normalized spacial score (nSPS) is 31.4. The Morgan fingerprint density at radius 2 is 2.05 bits per heavy atom. The molecule has 0 radical (unpaired) electrons. The van der Waals surface area contributed by atoms with E-state index in [1.165, 1.54) is 0 Å². The second-order valence-corrected chi connectivity index (χ2v) is 11.9. The van der Waals surface area contributed by atoms with Crippen LogP contribution in [0.1, 0.15) is 11.9 Å². The van der Waals surface area contributed by atoms with Gasteiger partial charge in [0.15, 0.2) is 20.7 Å². The Morgan fingerprint density at radius 3 is 2.77 bits per heavy atom. The van der Waals surface area contributed by atoms with Crippen molar-refractivity contribution < 1.29 is 18.6 Å². The van der Waals surface area contributed by atoms with E-state index < -0.39 is 8.32 Å². The number of ether oxygens (including phenoxy) is 3. The quantitative estimate of drug-likeness (QED) is 0.587. The third kappa shape index (κ3) is 3.63. The number of halogens is 1. The van der Waals surface area contributed by atoms with Gasteiger partial charge in [0.05, 0.1) is 19.0 Å². The number of alkyl halides is 1. The van der Waals surface area contributed by atoms with E-state index in [4.69, 9.17) is 18.6 Å². The highest BCUT2D eigenvalue weighted by Gasteiger charge is 2.42. The molecule has 1 aromatic carbocycles. The molecule has 0 spiro atoms. The van der Waals surface area contributed by atoms with E-state index >= 15 is 0 Å². The van der Waals surface area contributed by atoms with Gasteiger partial charge in [-0.05, 0) is 19.2 Å². The number of rotatable bonds is 4. The van der Waals surface area contributed by atoms with Gasteiger partial charge in [0.25, 0.3) is 0 Å². The van der Waals surface area contributed by atoms with Crippen LogP contribution in [0.4, 0.5) is 0 Å². The van der Waals surface area contributed by atoms with Crippen molar-refractivity contribution in [3.63, 3.8) is 0 Å². The highest BCUT2D eigenvalue weighted by Crippen LogP contribution is 2.33. The molecule has 0 aromatic heterocycles. The van der Waals surface area contributed by atoms with Crippen LogP contribution in [0.5, 0.6) is 0 Å². The fourth-order valence-electron chi connectivity index (χ4n) is 2.58. The lowest BCUT2D eigenvalue weighted by Gasteiger charge is -2.42. The smallest absolute Gasteiger partial charge is 0.198 e. The molecule has 6 heteroatoms. The maximum absolute atomic E-state index is 6.33. The second kappa shape index (κ2) is 6.84. The van der Waals surface area contributed by atoms with Crippen LogP contribution in [0.2, 0.25) is 13.1 Å². The Bertz CT molecular complexity index is 522. The highest BCUT2D eigenvalue weighted by atomic mass is 79.9. The Labute approximate surface area is 140 Å². The first-order chi connectivity index (χ1) is 10.6. The first-order valence-electron chi connectivity index (χ1n) is 7.47. The molecule has 0 aliphatic carbocycles. The minimum atomic E-state index is -1.75. The molecule has 2 heterocycles. The number of fused-ring (bicyclic) bond motifs is 1. The minimum absolute atomic E-state index is 0.0897. The van der Waals surface area contributed by atoms with Gasteiger partial charge in [-0.1, -0.05) is 46.3 Å². The molecular weight excluding hydrogens is 364 g/mol. The average molecular weight is 385 g/mol. The largest absolute Gasteiger partial charge is 0.493 e. The van der Waals surface area contributed by atoms with Gasteiger partial charge < -0.3 is 18.6 Å². The van der Waals surface area contributed by atoms with E-state index in [1.54, 1.807) is 6.26 Å². The van der Waals surface area contributed by atoms with Crippen molar-refractivity contribution in [3.8, 4) is 0 Å². The van der Waals surface area contributed by atoms with E-state index in [9.17, 15) is 0 Å². The summed E-state index contributed by atoms with van der Waals surface area (Å²) in [7, 11) is -1.75. The van der Waals surface area contributed by atoms with Gasteiger partial charge in [-0.15, -0.1) is 0 Å². The van der Waals surface area contributed by atoms with Crippen LogP contribution in [0.15, 0.2) is 42.7 Å². The predicted octanol–water partition coefficient (Wildman–Crippen LogP) is 3.54. The SMILES string of the molecule is C[Si](C)(CBr)O[C@H]1C=CO[C@@H]2CO[C@@H](c3ccccc3)O[C@@H]12. The third-order valence-corrected chi connectivity index (χ3v) is 9.36. The molecule has 0 N–H and O–H groups in total. The third-order valence-electron chi connectivity index (χ3n) is 3.75. The van der Waals surface area contributed by atoms with Gasteiger partial charge in [0, 0.05) is 10.5 Å². The van der Waals surface area contributed by atoms with Crippen LogP contribution in [0, 0.1) is 0 Å². The summed E-state index contributed by atoms with van der Waals surface area (Å²) in [5, 5.41) is 0. The summed E-state index contributed by atoms with van der Waals surface area (Å²) in [5.74, 6) is 0. The van der Waals surface area contributed by atoms with Crippen molar-refractivity contribution >= 4 is 24.2 Å². The molecule has 4 atom stereocenters. The molecule has 0 amide bonds. The van der Waals surface area contributed by atoms with Crippen LogP contribution in [0.3, 0.4) is 0 Å². The van der Waals surface area contributed by atoms with Crippen molar-refractivity contribution in [1.82, 2.24) is 0 Å². The summed E-state index contributed by atoms with van der Waals surface area (Å²) in [6.07, 6.45) is 2.95. The Hall–Kier alpha value is -0.663. The monoisotopic (exact) mass is 384 g/mol. The number of hydrogen-bond donors (Lipinski definition) is 0. The molecule has 1 aromatic rings. The zero-order valence-corrected chi connectivity index (χ0v) is 15.4. The fraction of sp³-hybridized carbons (Fsp3) is 0.500. The molecule has 4 nitrogen and oxygen atoms in total. The number of hydrogen-bond acceptors (Lipinski definition) is 4. The van der Waals surface area contributed by atoms with Crippen molar-refractivity contribution in [2.75, 3.05) is 11.6 Å². The molecule has 3 rings (SSSR count). The van der Waals surface area contributed by atoms with Gasteiger partial charge in [-0.25, -0.2) is 0 Å². The van der Waals surface area contributed by atoms with E-state index in [0.717, 1.165) is 10.5 Å². The van der Waals surface area contributed by atoms with Crippen molar-refractivity contribution in [1.29, 1.82) is 0 Å². The van der Waals surface area contributed by atoms with Gasteiger partial charge in [0.2, 0.25) is 0 Å². The summed E-state index contributed by atoms with van der Waals surface area (Å²) in [5.41, 5.74) is 1.02. The van der Waals surface area contributed by atoms with Gasteiger partial charge in [-0.3, -0.25) is 0 Å². The number of benzene rings is 1. The lowest BCUT2D eigenvalue weighted by Crippen LogP contribution is -2.53. The molecule has 0 unspecified atom stereocenters. The molecule has 2 aliphatic heterocycles. The van der Waals surface area contributed by atoms with E-state index in [0.29, 0.717) is 6.61 Å². The molecule has 120 valence electrons. The predicted molar refractivity (Wildman–Crippen MR) is 90.2 cm³/mol. The van der Waals surface area contributed by atoms with E-state index in [-0.39, 0.29) is 24.6 Å². The van der Waals surface area contributed by atoms with Gasteiger partial charge in [-0.2, -0.15) is 0 Å². The summed E-state index contributed by atoms with van der Waals surface area (Å²) >= 11 is 3.55. The lowest BCUT2D eigenvalue weighted by molar-refractivity contribution is -0.274. The molecule has 1 fully saturated rings. The van der Waals surface area contributed by atoms with Crippen LogP contribution in [-0.2, 0) is 18.6 Å². The average Bonchev–Trinajstić information content (AvgIpc) is 2.55. The second-order valence-electron chi connectivity index (χ2n) is 6.16. The summed E-state index contributed by atoms with van der Waals surface area (Å²) in [4.78, 5) is 0.890. The van der Waals surface area contributed by atoms with Crippen LogP contribution in [-0.4, -0.2) is 38.2 Å². The molecule has 22 heavy (non-hydrogen) atoms. The maximum atomic E-state index is 6.33. The van der Waals surface area contributed by atoms with Crippen molar-refractivity contribution in [2.24, 2.45) is 0 Å². The first-order valence-corrected chi connectivity index (χ1v) is 11.7. The maximum Gasteiger partial charge on any atom is 0.198 e. The van der Waals surface area contributed by atoms with E-state index in [2.05, 4.69) is 29.0 Å². The van der Waals surface area contributed by atoms with Crippen molar-refractivity contribution in [3.05, 3.63) is 48.2 Å². The van der Waals surface area contributed by atoms with Gasteiger partial charge in [0.1, 0.15) is 6.10 Å². The molecule has 2 aliphatic rings. The van der Waals surface area contributed by atoms with Crippen LogP contribution in [0.25, 0.3) is 0 Å². The summed E-state index contributed by atoms with van der Waals surface area (Å²) in [6.45, 7) is 4.88. The summed E-state index contributed by atoms with van der Waals surface area (Å²) < 4.78 is 23.9. The Kier molecular flexibility index (Phi) is 5.04. The first kappa shape index (κ1) is 16.2. The zero-order chi connectivity index (χ0) is 15.6. The lowest BCUT2D eigenvalue weighted by atomic mass is 10.0. The van der Waals surface area contributed by atoms with Crippen molar-refractivity contribution in [2.45, 2.75) is 37.7 Å².